The molecule has 1 rings (SSSR count). The van der Waals surface area contributed by atoms with Crippen molar-refractivity contribution >= 4 is 0 Å². The van der Waals surface area contributed by atoms with Gasteiger partial charge >= 0.3 is 0 Å². The summed E-state index contributed by atoms with van der Waals surface area (Å²) in [5.74, 6) is 0.984. The largest absolute Gasteiger partial charge is 0.504 e. The number of ether oxygens (including phenoxy) is 1. The second kappa shape index (κ2) is 8.02. The number of hydrogen-bond acceptors (Lipinski definition) is 4. The number of rotatable bonds is 8. The molecule has 19 heavy (non-hydrogen) atoms. The van der Waals surface area contributed by atoms with Gasteiger partial charge in [-0.3, -0.25) is 0 Å². The topological polar surface area (TPSA) is 75.7 Å². The van der Waals surface area contributed by atoms with Crippen LogP contribution in [0.2, 0.25) is 0 Å². The number of aliphatic hydroxyl groups excluding tert-OH is 1. The Kier molecular flexibility index (Phi) is 6.67. The molecule has 0 saturated carbocycles. The fourth-order valence-corrected chi connectivity index (χ4v) is 2.30. The number of phenolic OH excluding ortho intramolecular Hbond substituents is 1. The van der Waals surface area contributed by atoms with Gasteiger partial charge in [-0.15, -0.1) is 0 Å². The van der Waals surface area contributed by atoms with Crippen LogP contribution in [-0.4, -0.2) is 30.0 Å². The molecule has 4 heteroatoms. The van der Waals surface area contributed by atoms with Crippen molar-refractivity contribution in [1.82, 2.24) is 0 Å². The Morgan fingerprint density at radius 1 is 1.32 bits per heavy atom. The number of para-hydroxylation sites is 1. The zero-order valence-electron chi connectivity index (χ0n) is 11.8. The summed E-state index contributed by atoms with van der Waals surface area (Å²) in [5, 5.41) is 19.5. The maximum absolute atomic E-state index is 10.3. The number of aliphatic hydroxyl groups is 1. The highest BCUT2D eigenvalue weighted by Crippen LogP contribution is 2.38. The van der Waals surface area contributed by atoms with Crippen LogP contribution >= 0.6 is 0 Å². The van der Waals surface area contributed by atoms with Crippen molar-refractivity contribution in [2.75, 3.05) is 19.8 Å². The molecular formula is C15H25NO3. The summed E-state index contributed by atoms with van der Waals surface area (Å²) in [5.41, 5.74) is 6.51. The maximum Gasteiger partial charge on any atom is 0.161 e. The Hall–Kier alpha value is -1.26. The van der Waals surface area contributed by atoms with E-state index >= 15 is 0 Å². The van der Waals surface area contributed by atoms with E-state index in [9.17, 15) is 10.2 Å². The summed E-state index contributed by atoms with van der Waals surface area (Å²) in [7, 11) is 0. The van der Waals surface area contributed by atoms with Gasteiger partial charge in [0.05, 0.1) is 6.61 Å². The minimum absolute atomic E-state index is 0.0695. The lowest BCUT2D eigenvalue weighted by Crippen LogP contribution is -2.20. The Balaban J connectivity index is 2.94. The molecule has 2 atom stereocenters. The minimum Gasteiger partial charge on any atom is -0.504 e. The van der Waals surface area contributed by atoms with Crippen molar-refractivity contribution < 1.29 is 14.9 Å². The van der Waals surface area contributed by atoms with Gasteiger partial charge in [-0.25, -0.2) is 0 Å². The van der Waals surface area contributed by atoms with E-state index in [0.29, 0.717) is 18.9 Å². The van der Waals surface area contributed by atoms with Crippen LogP contribution in [0.15, 0.2) is 18.2 Å². The number of benzene rings is 1. The van der Waals surface area contributed by atoms with Gasteiger partial charge in [0, 0.05) is 12.2 Å². The summed E-state index contributed by atoms with van der Waals surface area (Å²) in [6.45, 7) is 5.02. The molecule has 0 aromatic heterocycles. The molecule has 0 fully saturated rings. The zero-order chi connectivity index (χ0) is 14.3. The summed E-state index contributed by atoms with van der Waals surface area (Å²) in [6, 6.07) is 5.57. The minimum atomic E-state index is 0.0695. The van der Waals surface area contributed by atoms with Gasteiger partial charge in [0.1, 0.15) is 0 Å². The lowest BCUT2D eigenvalue weighted by Gasteiger charge is -2.22. The van der Waals surface area contributed by atoms with Crippen molar-refractivity contribution in [3.63, 3.8) is 0 Å². The van der Waals surface area contributed by atoms with Crippen molar-refractivity contribution in [3.8, 4) is 11.5 Å². The van der Waals surface area contributed by atoms with E-state index < -0.39 is 0 Å². The molecule has 1 aromatic carbocycles. The first-order valence-corrected chi connectivity index (χ1v) is 6.93. The molecule has 108 valence electrons. The van der Waals surface area contributed by atoms with Gasteiger partial charge in [0.25, 0.3) is 0 Å². The van der Waals surface area contributed by atoms with Crippen LogP contribution in [0, 0.1) is 5.92 Å². The van der Waals surface area contributed by atoms with Crippen LogP contribution in [0.5, 0.6) is 11.5 Å². The normalized spacial score (nSPS) is 14.1. The molecule has 0 aliphatic rings. The average molecular weight is 267 g/mol. The number of phenols is 1. The summed E-state index contributed by atoms with van der Waals surface area (Å²) < 4.78 is 5.41. The van der Waals surface area contributed by atoms with Crippen LogP contribution < -0.4 is 10.5 Å². The van der Waals surface area contributed by atoms with Crippen molar-refractivity contribution in [1.29, 1.82) is 0 Å². The van der Waals surface area contributed by atoms with E-state index in [1.807, 2.05) is 19.1 Å². The van der Waals surface area contributed by atoms with Gasteiger partial charge in [-0.1, -0.05) is 19.1 Å². The SMILES string of the molecule is CCOc1cccc(C(CC)CC(CN)CO)c1O. The van der Waals surface area contributed by atoms with Crippen molar-refractivity contribution in [3.05, 3.63) is 23.8 Å². The van der Waals surface area contributed by atoms with E-state index in [1.165, 1.54) is 0 Å². The maximum atomic E-state index is 10.3. The summed E-state index contributed by atoms with van der Waals surface area (Å²) >= 11 is 0. The van der Waals surface area contributed by atoms with E-state index in [0.717, 1.165) is 18.4 Å². The highest BCUT2D eigenvalue weighted by Gasteiger charge is 2.20. The van der Waals surface area contributed by atoms with Gasteiger partial charge < -0.3 is 20.7 Å². The first kappa shape index (κ1) is 15.8. The zero-order valence-corrected chi connectivity index (χ0v) is 11.8. The van der Waals surface area contributed by atoms with E-state index in [2.05, 4.69) is 6.92 Å². The van der Waals surface area contributed by atoms with Crippen LogP contribution in [0.4, 0.5) is 0 Å². The molecule has 0 aliphatic heterocycles. The molecule has 0 spiro atoms. The van der Waals surface area contributed by atoms with Gasteiger partial charge in [-0.2, -0.15) is 0 Å². The predicted octanol–water partition coefficient (Wildman–Crippen LogP) is 2.24. The molecule has 0 aliphatic carbocycles. The Morgan fingerprint density at radius 3 is 2.58 bits per heavy atom. The molecule has 4 nitrogen and oxygen atoms in total. The predicted molar refractivity (Wildman–Crippen MR) is 76.6 cm³/mol. The first-order chi connectivity index (χ1) is 9.17. The summed E-state index contributed by atoms with van der Waals surface area (Å²) in [4.78, 5) is 0. The average Bonchev–Trinajstić information content (AvgIpc) is 2.43. The lowest BCUT2D eigenvalue weighted by atomic mass is 9.86. The van der Waals surface area contributed by atoms with Crippen molar-refractivity contribution in [2.45, 2.75) is 32.6 Å². The second-order valence-electron chi connectivity index (χ2n) is 4.75. The number of nitrogens with two attached hydrogens (primary N) is 1. The molecule has 0 heterocycles. The number of aromatic hydroxyl groups is 1. The van der Waals surface area contributed by atoms with Crippen molar-refractivity contribution in [2.24, 2.45) is 11.7 Å². The smallest absolute Gasteiger partial charge is 0.161 e. The summed E-state index contributed by atoms with van der Waals surface area (Å²) in [6.07, 6.45) is 1.66. The highest BCUT2D eigenvalue weighted by molar-refractivity contribution is 5.47. The van der Waals surface area contributed by atoms with E-state index in [4.69, 9.17) is 10.5 Å². The molecule has 0 amide bonds. The van der Waals surface area contributed by atoms with Crippen LogP contribution in [0.1, 0.15) is 38.2 Å². The van der Waals surface area contributed by atoms with E-state index in [-0.39, 0.29) is 24.2 Å². The highest BCUT2D eigenvalue weighted by atomic mass is 16.5. The molecule has 0 radical (unpaired) electrons. The van der Waals surface area contributed by atoms with Gasteiger partial charge in [-0.05, 0) is 44.2 Å². The third kappa shape index (κ3) is 4.11. The Labute approximate surface area is 115 Å². The third-order valence-electron chi connectivity index (χ3n) is 3.47. The standard InChI is InChI=1S/C15H25NO3/c1-3-12(8-11(9-16)10-17)13-6-5-7-14(15(13)18)19-4-2/h5-7,11-12,17-18H,3-4,8-10,16H2,1-2H3. The fraction of sp³-hybridized carbons (Fsp3) is 0.600. The van der Waals surface area contributed by atoms with Crippen LogP contribution in [-0.2, 0) is 0 Å². The van der Waals surface area contributed by atoms with Crippen LogP contribution in [0.3, 0.4) is 0 Å². The lowest BCUT2D eigenvalue weighted by molar-refractivity contribution is 0.214. The quantitative estimate of drug-likeness (QED) is 0.675. The van der Waals surface area contributed by atoms with Crippen LogP contribution in [0.25, 0.3) is 0 Å². The molecule has 2 unspecified atom stereocenters. The fourth-order valence-electron chi connectivity index (χ4n) is 2.30. The second-order valence-corrected chi connectivity index (χ2v) is 4.75. The third-order valence-corrected chi connectivity index (χ3v) is 3.47. The number of hydrogen-bond donors (Lipinski definition) is 3. The Bertz CT molecular complexity index is 378. The van der Waals surface area contributed by atoms with E-state index in [1.54, 1.807) is 6.07 Å². The molecule has 4 N–H and O–H groups in total. The molecule has 0 bridgehead atoms. The molecule has 1 aromatic rings. The molecule has 0 saturated heterocycles. The van der Waals surface area contributed by atoms with Gasteiger partial charge in [0.2, 0.25) is 0 Å². The Morgan fingerprint density at radius 2 is 2.05 bits per heavy atom. The molecular weight excluding hydrogens is 242 g/mol. The van der Waals surface area contributed by atoms with Gasteiger partial charge in [0.15, 0.2) is 11.5 Å². The first-order valence-electron chi connectivity index (χ1n) is 6.93. The monoisotopic (exact) mass is 267 g/mol.